The monoisotopic (exact) mass is 255 g/mol. The van der Waals surface area contributed by atoms with Crippen molar-refractivity contribution in [3.05, 3.63) is 30.3 Å². The molecule has 94 valence electrons. The molecule has 0 aliphatic carbocycles. The van der Waals surface area contributed by atoms with Gasteiger partial charge in [0.15, 0.2) is 9.84 Å². The van der Waals surface area contributed by atoms with Crippen LogP contribution in [0.5, 0.6) is 0 Å². The van der Waals surface area contributed by atoms with Crippen molar-refractivity contribution >= 4 is 9.84 Å². The van der Waals surface area contributed by atoms with E-state index in [4.69, 9.17) is 0 Å². The van der Waals surface area contributed by atoms with Crippen LogP contribution in [-0.4, -0.2) is 37.5 Å². The summed E-state index contributed by atoms with van der Waals surface area (Å²) in [5.41, 5.74) is 0. The van der Waals surface area contributed by atoms with E-state index in [0.717, 1.165) is 12.8 Å². The summed E-state index contributed by atoms with van der Waals surface area (Å²) in [7, 11) is -3.18. The van der Waals surface area contributed by atoms with E-state index in [2.05, 4.69) is 0 Å². The summed E-state index contributed by atoms with van der Waals surface area (Å²) in [5, 5.41) is 10.5. The van der Waals surface area contributed by atoms with Gasteiger partial charge in [-0.05, 0) is 30.9 Å². The van der Waals surface area contributed by atoms with Crippen molar-refractivity contribution in [3.8, 4) is 0 Å². The second kappa shape index (κ2) is 5.16. The zero-order valence-corrected chi connectivity index (χ0v) is 10.4. The highest BCUT2D eigenvalue weighted by atomic mass is 32.2. The Labute approximate surface area is 102 Å². The summed E-state index contributed by atoms with van der Waals surface area (Å²) in [6, 6.07) is 8.56. The molecule has 2 rings (SSSR count). The first-order valence-electron chi connectivity index (χ1n) is 5.79. The maximum atomic E-state index is 12.1. The molecule has 0 radical (unpaired) electrons. The van der Waals surface area contributed by atoms with Gasteiger partial charge in [0.1, 0.15) is 0 Å². The predicted molar refractivity (Wildman–Crippen MR) is 64.6 cm³/mol. The number of sulfone groups is 1. The SMILES string of the molecule is O=S(=O)(CC1CCN(O)CC1)c1ccccc1. The van der Waals surface area contributed by atoms with Gasteiger partial charge in [-0.2, -0.15) is 5.06 Å². The molecule has 17 heavy (non-hydrogen) atoms. The summed E-state index contributed by atoms with van der Waals surface area (Å²) >= 11 is 0. The number of hydrogen-bond acceptors (Lipinski definition) is 4. The van der Waals surface area contributed by atoms with Gasteiger partial charge in [0.05, 0.1) is 10.6 Å². The minimum absolute atomic E-state index is 0.156. The van der Waals surface area contributed by atoms with E-state index in [1.54, 1.807) is 24.3 Å². The Morgan fingerprint density at radius 2 is 1.76 bits per heavy atom. The van der Waals surface area contributed by atoms with E-state index in [9.17, 15) is 13.6 Å². The molecule has 1 fully saturated rings. The van der Waals surface area contributed by atoms with Gasteiger partial charge in [-0.15, -0.1) is 0 Å². The first-order chi connectivity index (χ1) is 8.08. The molecule has 1 N–H and O–H groups in total. The number of benzene rings is 1. The summed E-state index contributed by atoms with van der Waals surface area (Å²) < 4.78 is 24.2. The van der Waals surface area contributed by atoms with E-state index < -0.39 is 9.84 Å². The first kappa shape index (κ1) is 12.5. The van der Waals surface area contributed by atoms with Crippen LogP contribution in [0.25, 0.3) is 0 Å². The second-order valence-corrected chi connectivity index (χ2v) is 6.53. The van der Waals surface area contributed by atoms with E-state index in [1.807, 2.05) is 6.07 Å². The fourth-order valence-corrected chi connectivity index (χ4v) is 3.84. The van der Waals surface area contributed by atoms with Crippen LogP contribution in [0.15, 0.2) is 35.2 Å². The molecule has 0 atom stereocenters. The molecule has 1 aliphatic heterocycles. The van der Waals surface area contributed by atoms with Crippen molar-refractivity contribution in [2.24, 2.45) is 5.92 Å². The van der Waals surface area contributed by atoms with Crippen LogP contribution in [0.3, 0.4) is 0 Å². The highest BCUT2D eigenvalue weighted by Crippen LogP contribution is 2.21. The molecule has 1 aliphatic rings. The van der Waals surface area contributed by atoms with Gasteiger partial charge in [0.2, 0.25) is 0 Å². The zero-order chi connectivity index (χ0) is 12.3. The number of hydrogen-bond donors (Lipinski definition) is 1. The Bertz CT molecular complexity index is 450. The Balaban J connectivity index is 2.03. The summed E-state index contributed by atoms with van der Waals surface area (Å²) in [6.45, 7) is 1.13. The number of nitrogens with zero attached hydrogens (tertiary/aromatic N) is 1. The smallest absolute Gasteiger partial charge is 0.178 e. The average molecular weight is 255 g/mol. The molecule has 4 nitrogen and oxygen atoms in total. The van der Waals surface area contributed by atoms with Crippen molar-refractivity contribution in [1.82, 2.24) is 5.06 Å². The van der Waals surface area contributed by atoms with Crippen molar-refractivity contribution in [3.63, 3.8) is 0 Å². The Hall–Kier alpha value is -0.910. The molecule has 0 aromatic heterocycles. The van der Waals surface area contributed by atoms with Crippen molar-refractivity contribution < 1.29 is 13.6 Å². The van der Waals surface area contributed by atoms with E-state index in [-0.39, 0.29) is 11.7 Å². The van der Waals surface area contributed by atoms with Gasteiger partial charge in [-0.25, -0.2) is 8.42 Å². The van der Waals surface area contributed by atoms with Crippen LogP contribution >= 0.6 is 0 Å². The van der Waals surface area contributed by atoms with E-state index in [1.165, 1.54) is 5.06 Å². The lowest BCUT2D eigenvalue weighted by Gasteiger charge is -2.27. The summed E-state index contributed by atoms with van der Waals surface area (Å²) in [5.74, 6) is 0.341. The molecule has 1 heterocycles. The van der Waals surface area contributed by atoms with Crippen molar-refractivity contribution in [1.29, 1.82) is 0 Å². The molecular weight excluding hydrogens is 238 g/mol. The van der Waals surface area contributed by atoms with Crippen LogP contribution in [0, 0.1) is 5.92 Å². The molecule has 1 saturated heterocycles. The van der Waals surface area contributed by atoms with Gasteiger partial charge in [0.25, 0.3) is 0 Å². The molecule has 1 aromatic carbocycles. The standard InChI is InChI=1S/C12H17NO3S/c14-13-8-6-11(7-9-13)10-17(15,16)12-4-2-1-3-5-12/h1-5,11,14H,6-10H2. The molecule has 5 heteroatoms. The fraction of sp³-hybridized carbons (Fsp3) is 0.500. The van der Waals surface area contributed by atoms with Crippen LogP contribution in [0.2, 0.25) is 0 Å². The normalized spacial score (nSPS) is 19.4. The lowest BCUT2D eigenvalue weighted by molar-refractivity contribution is -0.110. The molecule has 0 spiro atoms. The van der Waals surface area contributed by atoms with Gasteiger partial charge >= 0.3 is 0 Å². The molecule has 1 aromatic rings. The first-order valence-corrected chi connectivity index (χ1v) is 7.45. The third-order valence-corrected chi connectivity index (χ3v) is 5.05. The van der Waals surface area contributed by atoms with Gasteiger partial charge in [-0.3, -0.25) is 0 Å². The summed E-state index contributed by atoms with van der Waals surface area (Å²) in [4.78, 5) is 0.395. The molecule has 0 saturated carbocycles. The van der Waals surface area contributed by atoms with Crippen LogP contribution < -0.4 is 0 Å². The zero-order valence-electron chi connectivity index (χ0n) is 9.62. The van der Waals surface area contributed by atoms with E-state index >= 15 is 0 Å². The van der Waals surface area contributed by atoms with Crippen molar-refractivity contribution in [2.45, 2.75) is 17.7 Å². The molecule has 0 bridgehead atoms. The number of piperidine rings is 1. The topological polar surface area (TPSA) is 57.6 Å². The predicted octanol–water partition coefficient (Wildman–Crippen LogP) is 1.56. The lowest BCUT2D eigenvalue weighted by Crippen LogP contribution is -2.33. The van der Waals surface area contributed by atoms with Crippen LogP contribution in [0.4, 0.5) is 0 Å². The Morgan fingerprint density at radius 1 is 1.18 bits per heavy atom. The highest BCUT2D eigenvalue weighted by Gasteiger charge is 2.24. The minimum Gasteiger partial charge on any atom is -0.314 e. The largest absolute Gasteiger partial charge is 0.314 e. The third kappa shape index (κ3) is 3.28. The van der Waals surface area contributed by atoms with Crippen LogP contribution in [0.1, 0.15) is 12.8 Å². The Kier molecular flexibility index (Phi) is 3.81. The molecular formula is C12H17NO3S. The maximum absolute atomic E-state index is 12.1. The quantitative estimate of drug-likeness (QED) is 0.890. The molecule has 0 amide bonds. The Morgan fingerprint density at radius 3 is 2.35 bits per heavy atom. The van der Waals surface area contributed by atoms with E-state index in [0.29, 0.717) is 18.0 Å². The minimum atomic E-state index is -3.18. The third-order valence-electron chi connectivity index (χ3n) is 3.15. The van der Waals surface area contributed by atoms with Crippen molar-refractivity contribution in [2.75, 3.05) is 18.8 Å². The lowest BCUT2D eigenvalue weighted by atomic mass is 10.0. The van der Waals surface area contributed by atoms with Crippen LogP contribution in [-0.2, 0) is 9.84 Å². The molecule has 0 unspecified atom stereocenters. The van der Waals surface area contributed by atoms with Gasteiger partial charge < -0.3 is 5.21 Å². The number of hydroxylamine groups is 2. The fourth-order valence-electron chi connectivity index (χ4n) is 2.12. The maximum Gasteiger partial charge on any atom is 0.178 e. The van der Waals surface area contributed by atoms with Gasteiger partial charge in [0, 0.05) is 13.1 Å². The summed E-state index contributed by atoms with van der Waals surface area (Å²) in [6.07, 6.45) is 1.48. The number of rotatable bonds is 3. The average Bonchev–Trinajstić information content (AvgIpc) is 2.33. The second-order valence-electron chi connectivity index (χ2n) is 4.49. The van der Waals surface area contributed by atoms with Gasteiger partial charge in [-0.1, -0.05) is 18.2 Å². The highest BCUT2D eigenvalue weighted by molar-refractivity contribution is 7.91.